The first-order valence-corrected chi connectivity index (χ1v) is 9.03. The number of benzene rings is 2. The van der Waals surface area contributed by atoms with E-state index >= 15 is 0 Å². The van der Waals surface area contributed by atoms with E-state index in [1.807, 2.05) is 0 Å². The van der Waals surface area contributed by atoms with Crippen LogP contribution in [0, 0.1) is 0 Å². The van der Waals surface area contributed by atoms with E-state index in [1.54, 1.807) is 24.3 Å². The minimum Gasteiger partial charge on any atom is -0.392 e. The summed E-state index contributed by atoms with van der Waals surface area (Å²) in [7, 11) is -3.71. The molecule has 6 nitrogen and oxygen atoms in total. The Morgan fingerprint density at radius 3 is 2.42 bits per heavy atom. The molecule has 0 atom stereocenters. The summed E-state index contributed by atoms with van der Waals surface area (Å²) in [5, 5.41) is 17.5. The lowest BCUT2D eigenvalue weighted by Gasteiger charge is -2.09. The predicted molar refractivity (Wildman–Crippen MR) is 91.2 cm³/mol. The summed E-state index contributed by atoms with van der Waals surface area (Å²) in [6, 6.07) is 10.8. The molecule has 0 unspecified atom stereocenters. The van der Waals surface area contributed by atoms with Crippen LogP contribution in [-0.4, -0.2) is 26.0 Å². The van der Waals surface area contributed by atoms with Gasteiger partial charge in [0.1, 0.15) is 0 Å². The van der Waals surface area contributed by atoms with Crippen LogP contribution < -0.4 is 10.5 Å². The van der Waals surface area contributed by atoms with E-state index in [2.05, 4.69) is 5.32 Å². The van der Waals surface area contributed by atoms with Gasteiger partial charge in [-0.05, 0) is 41.8 Å². The zero-order valence-corrected chi connectivity index (χ0v) is 14.3. The number of hydrogen-bond donors (Lipinski definition) is 3. The molecular formula is C16H17ClN2O4S. The maximum Gasteiger partial charge on any atom is 0.251 e. The first-order valence-electron chi connectivity index (χ1n) is 7.10. The number of carbonyl (C=O) groups excluding carboxylic acids is 1. The first-order chi connectivity index (χ1) is 11.3. The molecule has 24 heavy (non-hydrogen) atoms. The van der Waals surface area contributed by atoms with Gasteiger partial charge >= 0.3 is 0 Å². The minimum atomic E-state index is -3.71. The van der Waals surface area contributed by atoms with E-state index in [0.717, 1.165) is 5.56 Å². The van der Waals surface area contributed by atoms with Crippen LogP contribution in [0.25, 0.3) is 0 Å². The quantitative estimate of drug-likeness (QED) is 0.716. The molecule has 4 N–H and O–H groups in total. The highest BCUT2D eigenvalue weighted by molar-refractivity contribution is 7.89. The lowest BCUT2D eigenvalue weighted by atomic mass is 10.1. The summed E-state index contributed by atoms with van der Waals surface area (Å²) in [5.74, 6) is -0.331. The summed E-state index contributed by atoms with van der Waals surface area (Å²) in [6.45, 7) is 0.0971. The number of nitrogens with one attached hydrogen (secondary N) is 1. The molecule has 2 aromatic carbocycles. The molecule has 0 heterocycles. The third-order valence-corrected chi connectivity index (χ3v) is 4.60. The molecule has 0 aliphatic rings. The third kappa shape index (κ3) is 4.78. The minimum absolute atomic E-state index is 0.0433. The molecule has 8 heteroatoms. The van der Waals surface area contributed by atoms with E-state index in [4.69, 9.17) is 16.7 Å². The molecule has 2 rings (SSSR count). The van der Waals surface area contributed by atoms with Gasteiger partial charge in [-0.25, -0.2) is 13.6 Å². The standard InChI is InChI=1S/C16H17ClN2O4S/c17-13-4-3-12(10-20)15(9-13)16(21)19-8-7-11-1-5-14(6-2-11)24(18,22)23/h1-6,9,20H,7-8,10H2,(H,19,21)(H2,18,22,23). The van der Waals surface area contributed by atoms with Crippen LogP contribution in [0.2, 0.25) is 5.02 Å². The summed E-state index contributed by atoms with van der Waals surface area (Å²) < 4.78 is 22.4. The number of aliphatic hydroxyl groups excluding tert-OH is 1. The molecule has 0 radical (unpaired) electrons. The molecule has 0 saturated carbocycles. The van der Waals surface area contributed by atoms with Gasteiger partial charge in [0.05, 0.1) is 11.5 Å². The molecule has 2 aromatic rings. The largest absolute Gasteiger partial charge is 0.392 e. The van der Waals surface area contributed by atoms with Crippen molar-refractivity contribution in [1.29, 1.82) is 0 Å². The van der Waals surface area contributed by atoms with E-state index in [0.29, 0.717) is 29.1 Å². The van der Waals surface area contributed by atoms with Crippen molar-refractivity contribution in [2.24, 2.45) is 5.14 Å². The fourth-order valence-corrected chi connectivity index (χ4v) is 2.85. The fourth-order valence-electron chi connectivity index (χ4n) is 2.16. The van der Waals surface area contributed by atoms with Gasteiger partial charge in [0.15, 0.2) is 0 Å². The van der Waals surface area contributed by atoms with Crippen LogP contribution in [0.1, 0.15) is 21.5 Å². The Bertz CT molecular complexity index is 836. The van der Waals surface area contributed by atoms with Crippen molar-refractivity contribution >= 4 is 27.5 Å². The lowest BCUT2D eigenvalue weighted by Crippen LogP contribution is -2.26. The molecular weight excluding hydrogens is 352 g/mol. The number of sulfonamides is 1. The summed E-state index contributed by atoms with van der Waals surface area (Å²) >= 11 is 5.88. The third-order valence-electron chi connectivity index (χ3n) is 3.44. The molecule has 0 saturated heterocycles. The molecule has 1 amide bonds. The number of primary sulfonamides is 1. The van der Waals surface area contributed by atoms with Gasteiger partial charge in [0.25, 0.3) is 5.91 Å². The lowest BCUT2D eigenvalue weighted by molar-refractivity contribution is 0.0951. The topological polar surface area (TPSA) is 109 Å². The average molecular weight is 369 g/mol. The first kappa shape index (κ1) is 18.4. The van der Waals surface area contributed by atoms with E-state index in [-0.39, 0.29) is 17.4 Å². The Morgan fingerprint density at radius 1 is 1.17 bits per heavy atom. The second-order valence-corrected chi connectivity index (χ2v) is 7.15. The summed E-state index contributed by atoms with van der Waals surface area (Å²) in [5.41, 5.74) is 1.68. The monoisotopic (exact) mass is 368 g/mol. The number of nitrogens with two attached hydrogens (primary N) is 1. The molecule has 128 valence electrons. The Kier molecular flexibility index (Phi) is 5.95. The van der Waals surface area contributed by atoms with Gasteiger partial charge in [0, 0.05) is 17.1 Å². The van der Waals surface area contributed by atoms with Crippen LogP contribution in [0.5, 0.6) is 0 Å². The van der Waals surface area contributed by atoms with Crippen LogP contribution in [0.3, 0.4) is 0 Å². The Morgan fingerprint density at radius 2 is 1.83 bits per heavy atom. The van der Waals surface area contributed by atoms with Crippen molar-refractivity contribution in [1.82, 2.24) is 5.32 Å². The maximum atomic E-state index is 12.2. The van der Waals surface area contributed by atoms with Crippen LogP contribution >= 0.6 is 11.6 Å². The van der Waals surface area contributed by atoms with Gasteiger partial charge in [-0.15, -0.1) is 0 Å². The van der Waals surface area contributed by atoms with Gasteiger partial charge in [-0.3, -0.25) is 4.79 Å². The van der Waals surface area contributed by atoms with Gasteiger partial charge in [0.2, 0.25) is 10.0 Å². The van der Waals surface area contributed by atoms with Crippen molar-refractivity contribution in [3.8, 4) is 0 Å². The summed E-state index contributed by atoms with van der Waals surface area (Å²) in [4.78, 5) is 12.2. The second kappa shape index (κ2) is 7.76. The van der Waals surface area contributed by atoms with Crippen molar-refractivity contribution in [3.63, 3.8) is 0 Å². The second-order valence-electron chi connectivity index (χ2n) is 5.15. The normalized spacial score (nSPS) is 11.3. The maximum absolute atomic E-state index is 12.2. The number of carbonyl (C=O) groups is 1. The number of aliphatic hydroxyl groups is 1. The molecule has 0 fully saturated rings. The number of hydrogen-bond acceptors (Lipinski definition) is 4. The highest BCUT2D eigenvalue weighted by atomic mass is 35.5. The predicted octanol–water partition coefficient (Wildman–Crippen LogP) is 1.45. The van der Waals surface area contributed by atoms with Gasteiger partial charge in [-0.1, -0.05) is 29.8 Å². The molecule has 0 bridgehead atoms. The molecule has 0 spiro atoms. The highest BCUT2D eigenvalue weighted by Crippen LogP contribution is 2.16. The number of halogens is 1. The molecule has 0 aromatic heterocycles. The number of rotatable bonds is 6. The Hall–Kier alpha value is -1.93. The summed E-state index contributed by atoms with van der Waals surface area (Å²) in [6.07, 6.45) is 0.520. The van der Waals surface area contributed by atoms with Crippen molar-refractivity contribution in [2.45, 2.75) is 17.9 Å². The molecule has 0 aliphatic heterocycles. The fraction of sp³-hybridized carbons (Fsp3) is 0.188. The zero-order chi connectivity index (χ0) is 17.7. The smallest absolute Gasteiger partial charge is 0.251 e. The van der Waals surface area contributed by atoms with E-state index in [9.17, 15) is 18.3 Å². The SMILES string of the molecule is NS(=O)(=O)c1ccc(CCNC(=O)c2cc(Cl)ccc2CO)cc1. The zero-order valence-electron chi connectivity index (χ0n) is 12.7. The Labute approximate surface area is 145 Å². The van der Waals surface area contributed by atoms with Gasteiger partial charge in [-0.2, -0.15) is 0 Å². The number of amides is 1. The van der Waals surface area contributed by atoms with Crippen LogP contribution in [-0.2, 0) is 23.1 Å². The van der Waals surface area contributed by atoms with Crippen LogP contribution in [0.4, 0.5) is 0 Å². The average Bonchev–Trinajstić information content (AvgIpc) is 2.54. The van der Waals surface area contributed by atoms with E-state index in [1.165, 1.54) is 18.2 Å². The Balaban J connectivity index is 1.97. The van der Waals surface area contributed by atoms with Crippen molar-refractivity contribution in [3.05, 3.63) is 64.2 Å². The van der Waals surface area contributed by atoms with Crippen molar-refractivity contribution in [2.75, 3.05) is 6.54 Å². The van der Waals surface area contributed by atoms with E-state index < -0.39 is 10.0 Å². The van der Waals surface area contributed by atoms with Crippen molar-refractivity contribution < 1.29 is 18.3 Å². The highest BCUT2D eigenvalue weighted by Gasteiger charge is 2.11. The molecule has 0 aliphatic carbocycles. The van der Waals surface area contributed by atoms with Crippen LogP contribution in [0.15, 0.2) is 47.4 Å². The van der Waals surface area contributed by atoms with Gasteiger partial charge < -0.3 is 10.4 Å².